The Hall–Kier alpha value is -2.11. The van der Waals surface area contributed by atoms with Crippen molar-refractivity contribution in [3.05, 3.63) is 47.1 Å². The second-order valence-electron chi connectivity index (χ2n) is 7.12. The van der Waals surface area contributed by atoms with Crippen LogP contribution in [0.25, 0.3) is 0 Å². The summed E-state index contributed by atoms with van der Waals surface area (Å²) in [5.41, 5.74) is -0.407. The normalized spacial score (nSPS) is 16.3. The van der Waals surface area contributed by atoms with Gasteiger partial charge < -0.3 is 10.2 Å². The van der Waals surface area contributed by atoms with Gasteiger partial charge in [-0.2, -0.15) is 22.0 Å². The number of hydrogen-bond donors (Lipinski definition) is 1. The molecule has 0 radical (unpaired) electrons. The number of carbonyl (C=O) groups excluding carboxylic acids is 1. The molecule has 2 heterocycles. The Balaban J connectivity index is 1.55. The molecule has 1 aliphatic rings. The quantitative estimate of drug-likeness (QED) is 0.441. The zero-order valence-electron chi connectivity index (χ0n) is 16.9. The number of hydrogen-bond acceptors (Lipinski definition) is 5. The van der Waals surface area contributed by atoms with Crippen LogP contribution >= 0.6 is 23.4 Å². The molecule has 174 valence electrons. The minimum Gasteiger partial charge on any atom is -0.353 e. The van der Waals surface area contributed by atoms with Crippen LogP contribution in [0, 0.1) is 0 Å². The first-order chi connectivity index (χ1) is 15.0. The number of nitrogens with zero attached hydrogens (tertiary/aromatic N) is 3. The van der Waals surface area contributed by atoms with Gasteiger partial charge in [-0.15, -0.1) is 0 Å². The lowest BCUT2D eigenvalue weighted by Crippen LogP contribution is -2.53. The molecule has 1 saturated heterocycles. The number of benzene rings is 1. The zero-order chi connectivity index (χ0) is 23.5. The predicted molar refractivity (Wildman–Crippen MR) is 114 cm³/mol. The summed E-state index contributed by atoms with van der Waals surface area (Å²) in [5.74, 6) is -2.49. The van der Waals surface area contributed by atoms with Crippen molar-refractivity contribution in [1.29, 1.82) is 0 Å². The predicted octanol–water partition coefficient (Wildman–Crippen LogP) is 5.22. The standard InChI is InChI=1S/C20H20ClF5N4OS/c1-12(18(31)28-14-2-4-15(5-3-14)32-19(22)23)29-6-8-30(9-7-29)17-16(21)10-13(11-27-17)20(24,25)26/h2-5,10-12,19H,6-9H2,1H3,(H,28,31). The molecular weight excluding hydrogens is 475 g/mol. The molecule has 3 rings (SSSR count). The Bertz CT molecular complexity index is 937. The summed E-state index contributed by atoms with van der Waals surface area (Å²) in [6, 6.07) is 6.53. The fraction of sp³-hybridized carbons (Fsp3) is 0.400. The van der Waals surface area contributed by atoms with Crippen molar-refractivity contribution in [2.75, 3.05) is 36.4 Å². The number of piperazine rings is 1. The van der Waals surface area contributed by atoms with Crippen LogP contribution in [-0.2, 0) is 11.0 Å². The average molecular weight is 495 g/mol. The van der Waals surface area contributed by atoms with Crippen molar-refractivity contribution in [3.8, 4) is 0 Å². The van der Waals surface area contributed by atoms with E-state index in [1.807, 2.05) is 4.90 Å². The molecule has 1 aliphatic heterocycles. The molecule has 1 amide bonds. The van der Waals surface area contributed by atoms with Gasteiger partial charge in [-0.1, -0.05) is 23.4 Å². The van der Waals surface area contributed by atoms with Crippen LogP contribution in [0.2, 0.25) is 5.02 Å². The van der Waals surface area contributed by atoms with Gasteiger partial charge >= 0.3 is 6.18 Å². The molecule has 0 saturated carbocycles. The third kappa shape index (κ3) is 6.23. The maximum absolute atomic E-state index is 12.8. The number of amides is 1. The third-order valence-electron chi connectivity index (χ3n) is 5.04. The molecule has 1 N–H and O–H groups in total. The number of anilines is 2. The molecule has 0 aliphatic carbocycles. The molecule has 2 aromatic rings. The molecule has 1 aromatic carbocycles. The van der Waals surface area contributed by atoms with Crippen LogP contribution in [0.1, 0.15) is 12.5 Å². The summed E-state index contributed by atoms with van der Waals surface area (Å²) in [4.78, 5) is 20.6. The van der Waals surface area contributed by atoms with Gasteiger partial charge in [-0.3, -0.25) is 9.69 Å². The fourth-order valence-corrected chi connectivity index (χ4v) is 4.06. The van der Waals surface area contributed by atoms with Crippen molar-refractivity contribution in [1.82, 2.24) is 9.88 Å². The van der Waals surface area contributed by atoms with E-state index in [0.29, 0.717) is 48.5 Å². The fourth-order valence-electron chi connectivity index (χ4n) is 3.27. The number of halogens is 6. The number of carbonyl (C=O) groups is 1. The van der Waals surface area contributed by atoms with Crippen molar-refractivity contribution in [2.45, 2.75) is 29.8 Å². The maximum atomic E-state index is 12.8. The Morgan fingerprint density at radius 3 is 2.31 bits per heavy atom. The third-order valence-corrected chi connectivity index (χ3v) is 6.04. The van der Waals surface area contributed by atoms with Gasteiger partial charge in [-0.25, -0.2) is 4.98 Å². The van der Waals surface area contributed by atoms with Crippen molar-refractivity contribution < 1.29 is 26.7 Å². The van der Waals surface area contributed by atoms with Crippen molar-refractivity contribution >= 4 is 40.8 Å². The smallest absolute Gasteiger partial charge is 0.353 e. The van der Waals surface area contributed by atoms with E-state index in [-0.39, 0.29) is 16.7 Å². The van der Waals surface area contributed by atoms with E-state index in [1.54, 1.807) is 24.0 Å². The first kappa shape index (κ1) is 24.5. The monoisotopic (exact) mass is 494 g/mol. The van der Waals surface area contributed by atoms with Gasteiger partial charge in [0.25, 0.3) is 5.76 Å². The highest BCUT2D eigenvalue weighted by atomic mass is 35.5. The molecule has 1 atom stereocenters. The maximum Gasteiger partial charge on any atom is 0.417 e. The molecule has 1 unspecified atom stereocenters. The summed E-state index contributed by atoms with van der Waals surface area (Å²) in [6.45, 7) is 3.59. The molecule has 5 nitrogen and oxygen atoms in total. The molecule has 1 aromatic heterocycles. The highest BCUT2D eigenvalue weighted by Gasteiger charge is 2.33. The number of rotatable bonds is 6. The first-order valence-electron chi connectivity index (χ1n) is 9.62. The number of pyridine rings is 1. The Labute approximate surface area is 190 Å². The highest BCUT2D eigenvalue weighted by Crippen LogP contribution is 2.34. The summed E-state index contributed by atoms with van der Waals surface area (Å²) >= 11 is 6.45. The van der Waals surface area contributed by atoms with E-state index in [4.69, 9.17) is 11.6 Å². The van der Waals surface area contributed by atoms with Gasteiger partial charge in [0.2, 0.25) is 5.91 Å². The van der Waals surface area contributed by atoms with Crippen LogP contribution in [0.15, 0.2) is 41.4 Å². The van der Waals surface area contributed by atoms with Crippen LogP contribution in [-0.4, -0.2) is 53.8 Å². The Morgan fingerprint density at radius 2 is 1.78 bits per heavy atom. The molecule has 1 fully saturated rings. The van der Waals surface area contributed by atoms with Gasteiger partial charge in [0, 0.05) is 43.0 Å². The topological polar surface area (TPSA) is 48.5 Å². The molecule has 32 heavy (non-hydrogen) atoms. The van der Waals surface area contributed by atoms with Crippen LogP contribution in [0.3, 0.4) is 0 Å². The first-order valence-corrected chi connectivity index (χ1v) is 10.9. The Kier molecular flexibility index (Phi) is 7.84. The molecule has 12 heteroatoms. The molecule has 0 spiro atoms. The lowest BCUT2D eigenvalue weighted by molar-refractivity contribution is -0.137. The van der Waals surface area contributed by atoms with E-state index >= 15 is 0 Å². The van der Waals surface area contributed by atoms with Gasteiger partial charge in [0.1, 0.15) is 5.82 Å². The number of nitrogens with one attached hydrogen (secondary N) is 1. The van der Waals surface area contributed by atoms with Crippen LogP contribution in [0.4, 0.5) is 33.5 Å². The van der Waals surface area contributed by atoms with Gasteiger partial charge in [-0.05, 0) is 37.3 Å². The second-order valence-corrected chi connectivity index (χ2v) is 8.59. The highest BCUT2D eigenvalue weighted by molar-refractivity contribution is 7.99. The van der Waals surface area contributed by atoms with E-state index in [1.165, 1.54) is 12.1 Å². The lowest BCUT2D eigenvalue weighted by atomic mass is 10.2. The van der Waals surface area contributed by atoms with Crippen molar-refractivity contribution in [3.63, 3.8) is 0 Å². The number of aromatic nitrogens is 1. The number of alkyl halides is 5. The summed E-state index contributed by atoms with van der Waals surface area (Å²) in [5, 5.41) is 2.68. The largest absolute Gasteiger partial charge is 0.417 e. The zero-order valence-corrected chi connectivity index (χ0v) is 18.4. The van der Waals surface area contributed by atoms with E-state index in [0.717, 1.165) is 12.3 Å². The minimum absolute atomic E-state index is 0.0764. The van der Waals surface area contributed by atoms with E-state index < -0.39 is 23.5 Å². The van der Waals surface area contributed by atoms with E-state index in [2.05, 4.69) is 10.3 Å². The second kappa shape index (κ2) is 10.2. The lowest BCUT2D eigenvalue weighted by Gasteiger charge is -2.38. The van der Waals surface area contributed by atoms with Crippen molar-refractivity contribution in [2.24, 2.45) is 0 Å². The average Bonchev–Trinajstić information content (AvgIpc) is 2.73. The van der Waals surface area contributed by atoms with Gasteiger partial charge in [0.05, 0.1) is 16.6 Å². The minimum atomic E-state index is -4.52. The van der Waals surface area contributed by atoms with Gasteiger partial charge in [0.15, 0.2) is 0 Å². The SMILES string of the molecule is CC(C(=O)Nc1ccc(SC(F)F)cc1)N1CCN(c2ncc(C(F)(F)F)cc2Cl)CC1. The molecular formula is C20H20ClF5N4OS. The van der Waals surface area contributed by atoms with E-state index in [9.17, 15) is 26.7 Å². The van der Waals surface area contributed by atoms with Crippen LogP contribution in [0.5, 0.6) is 0 Å². The Morgan fingerprint density at radius 1 is 1.16 bits per heavy atom. The number of thioether (sulfide) groups is 1. The summed E-state index contributed by atoms with van der Waals surface area (Å²) in [6.07, 6.45) is -3.76. The summed E-state index contributed by atoms with van der Waals surface area (Å²) < 4.78 is 63.2. The molecule has 0 bridgehead atoms. The van der Waals surface area contributed by atoms with Crippen LogP contribution < -0.4 is 10.2 Å². The summed E-state index contributed by atoms with van der Waals surface area (Å²) in [7, 11) is 0.